The van der Waals surface area contributed by atoms with Crippen molar-refractivity contribution in [3.63, 3.8) is 0 Å². The van der Waals surface area contributed by atoms with Gasteiger partial charge in [0.1, 0.15) is 41.0 Å². The van der Waals surface area contributed by atoms with E-state index in [4.69, 9.17) is 14.2 Å². The van der Waals surface area contributed by atoms with Crippen LogP contribution in [0.25, 0.3) is 10.9 Å². The number of methoxy groups -OCH3 is 1. The summed E-state index contributed by atoms with van der Waals surface area (Å²) in [6.45, 7) is 6.18. The fourth-order valence-corrected chi connectivity index (χ4v) is 5.27. The molecule has 1 amide bonds. The number of nitrogens with one attached hydrogen (secondary N) is 2. The van der Waals surface area contributed by atoms with Gasteiger partial charge in [-0.2, -0.15) is 0 Å². The predicted molar refractivity (Wildman–Crippen MR) is 167 cm³/mol. The van der Waals surface area contributed by atoms with E-state index in [2.05, 4.69) is 32.2 Å². The number of carbonyl (C=O) groups is 1. The number of ether oxygens (including phenoxy) is 3. The number of likely N-dealkylation sites (tertiary alicyclic amines) is 1. The molecule has 0 unspecified atom stereocenters. The lowest BCUT2D eigenvalue weighted by atomic mass is 10.0. The fraction of sp³-hybridized carbons (Fsp3) is 0.312. The van der Waals surface area contributed by atoms with Crippen molar-refractivity contribution in [2.45, 2.75) is 24.9 Å². The van der Waals surface area contributed by atoms with Crippen molar-refractivity contribution in [3.8, 4) is 17.2 Å². The number of hydrogen-bond donors (Lipinski definition) is 2. The highest BCUT2D eigenvalue weighted by molar-refractivity contribution is 5.95. The highest BCUT2D eigenvalue weighted by atomic mass is 19.1. The van der Waals surface area contributed by atoms with E-state index in [1.807, 2.05) is 30.1 Å². The lowest BCUT2D eigenvalue weighted by Crippen LogP contribution is -2.47. The summed E-state index contributed by atoms with van der Waals surface area (Å²) < 4.78 is 32.2. The maximum absolute atomic E-state index is 15.3. The van der Waals surface area contributed by atoms with Crippen molar-refractivity contribution >= 4 is 39.8 Å². The molecule has 4 aromatic rings. The summed E-state index contributed by atoms with van der Waals surface area (Å²) in [5.74, 6) is 2.18. The Labute approximate surface area is 254 Å². The Kier molecular flexibility index (Phi) is 8.42. The van der Waals surface area contributed by atoms with Crippen molar-refractivity contribution in [1.29, 1.82) is 0 Å². The third kappa shape index (κ3) is 6.20. The lowest BCUT2D eigenvalue weighted by molar-refractivity contribution is -0.126. The number of nitrogens with zero attached hydrogens (tertiary/aromatic N) is 5. The van der Waals surface area contributed by atoms with E-state index in [9.17, 15) is 4.79 Å². The summed E-state index contributed by atoms with van der Waals surface area (Å²) in [5, 5.41) is 7.36. The van der Waals surface area contributed by atoms with Crippen LogP contribution in [0.4, 0.5) is 27.4 Å². The van der Waals surface area contributed by atoms with Crippen LogP contribution in [0.1, 0.15) is 12.8 Å². The molecule has 2 aromatic carbocycles. The van der Waals surface area contributed by atoms with Crippen LogP contribution in [0.5, 0.6) is 17.2 Å². The van der Waals surface area contributed by atoms with E-state index in [1.165, 1.54) is 18.5 Å². The van der Waals surface area contributed by atoms with Crippen LogP contribution in [0, 0.1) is 5.82 Å². The molecule has 12 heteroatoms. The summed E-state index contributed by atoms with van der Waals surface area (Å²) in [6, 6.07) is 12.3. The number of piperidine rings is 1. The minimum Gasteiger partial charge on any atom is -0.495 e. The average Bonchev–Trinajstić information content (AvgIpc) is 3.01. The Morgan fingerprint density at radius 2 is 1.89 bits per heavy atom. The largest absolute Gasteiger partial charge is 0.495 e. The van der Waals surface area contributed by atoms with Crippen LogP contribution >= 0.6 is 0 Å². The van der Waals surface area contributed by atoms with Crippen LogP contribution < -0.4 is 25.0 Å². The first-order valence-corrected chi connectivity index (χ1v) is 14.4. The van der Waals surface area contributed by atoms with Crippen molar-refractivity contribution in [3.05, 3.63) is 73.5 Å². The highest BCUT2D eigenvalue weighted by Crippen LogP contribution is 2.35. The molecule has 0 radical (unpaired) electrons. The monoisotopic (exact) mass is 599 g/mol. The van der Waals surface area contributed by atoms with Gasteiger partial charge in [-0.3, -0.25) is 4.79 Å². The van der Waals surface area contributed by atoms with Gasteiger partial charge in [-0.25, -0.2) is 19.3 Å². The van der Waals surface area contributed by atoms with Crippen LogP contribution in [-0.2, 0) is 9.53 Å². The van der Waals surface area contributed by atoms with Crippen molar-refractivity contribution in [2.75, 3.05) is 56.0 Å². The fourth-order valence-electron chi connectivity index (χ4n) is 5.27. The van der Waals surface area contributed by atoms with Crippen LogP contribution in [0.15, 0.2) is 67.6 Å². The third-order valence-electron chi connectivity index (χ3n) is 7.97. The molecule has 2 aliphatic heterocycles. The van der Waals surface area contributed by atoms with E-state index < -0.39 is 5.82 Å². The molecule has 0 bridgehead atoms. The summed E-state index contributed by atoms with van der Waals surface area (Å²) in [4.78, 5) is 29.0. The highest BCUT2D eigenvalue weighted by Gasteiger charge is 2.25. The topological polar surface area (TPSA) is 114 Å². The number of halogens is 1. The Hall–Kier alpha value is -4.97. The van der Waals surface area contributed by atoms with Gasteiger partial charge in [0.15, 0.2) is 0 Å². The number of fused-ring (bicyclic) bond motifs is 1. The molecule has 44 heavy (non-hydrogen) atoms. The molecule has 228 valence electrons. The van der Waals surface area contributed by atoms with E-state index >= 15 is 4.39 Å². The number of aromatic nitrogens is 3. The van der Waals surface area contributed by atoms with E-state index in [0.717, 1.165) is 24.3 Å². The summed E-state index contributed by atoms with van der Waals surface area (Å²) in [7, 11) is 3.56. The molecule has 0 saturated carbocycles. The number of pyridine rings is 1. The van der Waals surface area contributed by atoms with E-state index in [0.29, 0.717) is 60.3 Å². The number of carbonyl (C=O) groups excluding carboxylic acids is 1. The predicted octanol–water partition coefficient (Wildman–Crippen LogP) is 5.13. The number of anilines is 4. The van der Waals surface area contributed by atoms with Gasteiger partial charge in [0, 0.05) is 56.0 Å². The normalized spacial score (nSPS) is 15.4. The molecule has 2 N–H and O–H groups in total. The maximum atomic E-state index is 15.3. The first kappa shape index (κ1) is 29.1. The number of rotatable bonds is 10. The van der Waals surface area contributed by atoms with E-state index in [1.54, 1.807) is 36.4 Å². The van der Waals surface area contributed by atoms with Gasteiger partial charge in [-0.15, -0.1) is 0 Å². The molecule has 0 aliphatic carbocycles. The first-order valence-electron chi connectivity index (χ1n) is 14.4. The number of amides is 1. The second-order valence-corrected chi connectivity index (χ2v) is 10.8. The summed E-state index contributed by atoms with van der Waals surface area (Å²) in [6.07, 6.45) is 6.00. The Morgan fingerprint density at radius 3 is 2.59 bits per heavy atom. The van der Waals surface area contributed by atoms with Crippen LogP contribution in [-0.4, -0.2) is 78.3 Å². The first-order chi connectivity index (χ1) is 21.4. The summed E-state index contributed by atoms with van der Waals surface area (Å²) in [5.41, 5.74) is 1.65. The van der Waals surface area contributed by atoms with Crippen LogP contribution in [0.3, 0.4) is 0 Å². The Balaban J connectivity index is 1.18. The molecular formula is C32H34FN7O4. The van der Waals surface area contributed by atoms with Gasteiger partial charge in [-0.1, -0.05) is 6.58 Å². The maximum Gasteiger partial charge on any atom is 0.245 e. The second-order valence-electron chi connectivity index (χ2n) is 10.8. The van der Waals surface area contributed by atoms with Gasteiger partial charge in [0.25, 0.3) is 0 Å². The van der Waals surface area contributed by atoms with Gasteiger partial charge >= 0.3 is 0 Å². The average molecular weight is 600 g/mol. The van der Waals surface area contributed by atoms with Gasteiger partial charge in [-0.05, 0) is 43.2 Å². The lowest BCUT2D eigenvalue weighted by Gasteiger charge is -2.35. The molecule has 2 aromatic heterocycles. The van der Waals surface area contributed by atoms with Crippen molar-refractivity contribution < 1.29 is 23.4 Å². The Morgan fingerprint density at radius 1 is 1.09 bits per heavy atom. The zero-order valence-corrected chi connectivity index (χ0v) is 24.6. The third-order valence-corrected chi connectivity index (χ3v) is 7.97. The standard InChI is InChI=1S/C32H34FN7O4/c1-4-31(41)40-11-8-20(9-12-40)37-28-15-24-27(16-29(28)42-3)35-19-36-32(24)38-26-6-5-22(13-25(26)33)44-23-7-10-34-30(14-23)39(2)21-17-43-18-21/h4-7,10,13-16,19-21,37H,1,8-9,11-12,17-18H2,2-3H3,(H,35,36,38). The van der Waals surface area contributed by atoms with Gasteiger partial charge in [0.05, 0.1) is 43.3 Å². The van der Waals surface area contributed by atoms with Crippen molar-refractivity contribution in [1.82, 2.24) is 19.9 Å². The smallest absolute Gasteiger partial charge is 0.245 e. The molecule has 2 fully saturated rings. The number of benzene rings is 2. The van der Waals surface area contributed by atoms with Crippen molar-refractivity contribution in [2.24, 2.45) is 0 Å². The molecule has 2 saturated heterocycles. The zero-order chi connectivity index (χ0) is 30.6. The number of likely N-dealkylation sites (N-methyl/N-ethyl adjacent to an activating group) is 1. The molecule has 11 nitrogen and oxygen atoms in total. The Bertz CT molecular complexity index is 1670. The molecule has 0 atom stereocenters. The molecule has 2 aliphatic rings. The minimum absolute atomic E-state index is 0.0547. The molecular weight excluding hydrogens is 565 g/mol. The quantitative estimate of drug-likeness (QED) is 0.238. The minimum atomic E-state index is -0.500. The molecule has 4 heterocycles. The van der Waals surface area contributed by atoms with Gasteiger partial charge in [0.2, 0.25) is 5.91 Å². The second kappa shape index (κ2) is 12.7. The molecule has 6 rings (SSSR count). The van der Waals surface area contributed by atoms with E-state index in [-0.39, 0.29) is 23.7 Å². The van der Waals surface area contributed by atoms with Crippen LogP contribution in [0.2, 0.25) is 0 Å². The van der Waals surface area contributed by atoms with Gasteiger partial charge < -0.3 is 34.6 Å². The zero-order valence-electron chi connectivity index (χ0n) is 24.6. The number of hydrogen-bond acceptors (Lipinski definition) is 10. The molecule has 0 spiro atoms. The SMILES string of the molecule is C=CC(=O)N1CCC(Nc2cc3c(Nc4ccc(Oc5ccnc(N(C)C6COC6)c5)cc4F)ncnc3cc2OC)CC1. The summed E-state index contributed by atoms with van der Waals surface area (Å²) >= 11 is 0.